The normalized spacial score (nSPS) is 12.8. The fourth-order valence-corrected chi connectivity index (χ4v) is 4.95. The number of nitrogens with one attached hydrogen (secondary N) is 1. The van der Waals surface area contributed by atoms with Crippen LogP contribution in [0.2, 0.25) is 0 Å². The number of methoxy groups -OCH3 is 2. The number of carbonyl (C=O) groups excluding carboxylic acids is 2. The summed E-state index contributed by atoms with van der Waals surface area (Å²) < 4.78 is 10.9. The second kappa shape index (κ2) is 11.6. The number of nitrogens with zero attached hydrogens (tertiary/aromatic N) is 2. The number of carbonyl (C=O) groups is 2. The van der Waals surface area contributed by atoms with Gasteiger partial charge in [-0.15, -0.1) is 0 Å². The van der Waals surface area contributed by atoms with Gasteiger partial charge in [-0.1, -0.05) is 42.0 Å². The highest BCUT2D eigenvalue weighted by molar-refractivity contribution is 5.97. The fourth-order valence-electron chi connectivity index (χ4n) is 4.95. The minimum Gasteiger partial charge on any atom is -0.493 e. The van der Waals surface area contributed by atoms with Gasteiger partial charge in [-0.3, -0.25) is 9.59 Å². The number of ether oxygens (including phenoxy) is 2. The van der Waals surface area contributed by atoms with Crippen LogP contribution >= 0.6 is 0 Å². The van der Waals surface area contributed by atoms with E-state index in [4.69, 9.17) is 9.47 Å². The highest BCUT2D eigenvalue weighted by Crippen LogP contribution is 2.30. The van der Waals surface area contributed by atoms with Gasteiger partial charge in [0, 0.05) is 41.8 Å². The predicted octanol–water partition coefficient (Wildman–Crippen LogP) is 5.37. The Morgan fingerprint density at radius 2 is 1.69 bits per heavy atom. The molecule has 5 rings (SSSR count). The summed E-state index contributed by atoms with van der Waals surface area (Å²) in [7, 11) is 3.21. The SMILES string of the molecule is COc1ccc(CN(CCc2c[nH]c3ccccc23)C(=O)CN(C(=O)c2ccc(C)cc2)C2CC2)cc1OC. The average molecular weight is 526 g/mol. The largest absolute Gasteiger partial charge is 0.493 e. The molecule has 202 valence electrons. The molecule has 0 bridgehead atoms. The Balaban J connectivity index is 1.38. The van der Waals surface area contributed by atoms with Crippen molar-refractivity contribution in [1.82, 2.24) is 14.8 Å². The van der Waals surface area contributed by atoms with Gasteiger partial charge in [-0.25, -0.2) is 0 Å². The summed E-state index contributed by atoms with van der Waals surface area (Å²) in [5.41, 5.74) is 4.88. The molecule has 1 aliphatic carbocycles. The van der Waals surface area contributed by atoms with E-state index in [9.17, 15) is 9.59 Å². The Morgan fingerprint density at radius 1 is 0.949 bits per heavy atom. The highest BCUT2D eigenvalue weighted by Gasteiger charge is 2.35. The van der Waals surface area contributed by atoms with E-state index in [2.05, 4.69) is 17.1 Å². The number of para-hydroxylation sites is 1. The number of amides is 2. The molecule has 3 aromatic carbocycles. The van der Waals surface area contributed by atoms with Crippen LogP contribution in [0.4, 0.5) is 0 Å². The number of rotatable bonds is 11. The van der Waals surface area contributed by atoms with Crippen LogP contribution in [0.25, 0.3) is 10.9 Å². The van der Waals surface area contributed by atoms with Crippen molar-refractivity contribution in [1.29, 1.82) is 0 Å². The van der Waals surface area contributed by atoms with Crippen molar-refractivity contribution in [3.05, 3.63) is 95.2 Å². The molecule has 1 saturated carbocycles. The Hall–Kier alpha value is -4.26. The molecule has 7 nitrogen and oxygen atoms in total. The average Bonchev–Trinajstić information content (AvgIpc) is 3.73. The van der Waals surface area contributed by atoms with Gasteiger partial charge in [0.1, 0.15) is 6.54 Å². The summed E-state index contributed by atoms with van der Waals surface area (Å²) in [6.45, 7) is 2.97. The van der Waals surface area contributed by atoms with Gasteiger partial charge in [0.05, 0.1) is 14.2 Å². The molecule has 39 heavy (non-hydrogen) atoms. The van der Waals surface area contributed by atoms with Crippen molar-refractivity contribution in [2.45, 2.75) is 38.8 Å². The zero-order valence-corrected chi connectivity index (χ0v) is 22.8. The van der Waals surface area contributed by atoms with Gasteiger partial charge in [0.2, 0.25) is 5.91 Å². The molecule has 7 heteroatoms. The van der Waals surface area contributed by atoms with Gasteiger partial charge >= 0.3 is 0 Å². The maximum Gasteiger partial charge on any atom is 0.254 e. The Labute approximate surface area is 229 Å². The summed E-state index contributed by atoms with van der Waals surface area (Å²) >= 11 is 0. The minimum atomic E-state index is -0.0893. The van der Waals surface area contributed by atoms with Crippen LogP contribution < -0.4 is 9.47 Å². The summed E-state index contributed by atoms with van der Waals surface area (Å²) in [6.07, 6.45) is 4.56. The van der Waals surface area contributed by atoms with Crippen LogP contribution in [0.5, 0.6) is 11.5 Å². The summed E-state index contributed by atoms with van der Waals surface area (Å²) in [6, 6.07) is 21.6. The molecule has 1 aromatic heterocycles. The lowest BCUT2D eigenvalue weighted by atomic mass is 10.1. The number of hydrogen-bond acceptors (Lipinski definition) is 4. The van der Waals surface area contributed by atoms with E-state index >= 15 is 0 Å². The lowest BCUT2D eigenvalue weighted by Gasteiger charge is -2.28. The third kappa shape index (κ3) is 6.08. The van der Waals surface area contributed by atoms with E-state index in [-0.39, 0.29) is 24.4 Å². The van der Waals surface area contributed by atoms with Crippen molar-refractivity contribution >= 4 is 22.7 Å². The zero-order chi connectivity index (χ0) is 27.4. The first kappa shape index (κ1) is 26.4. The van der Waals surface area contributed by atoms with Crippen LogP contribution in [0, 0.1) is 6.92 Å². The molecule has 0 saturated heterocycles. The smallest absolute Gasteiger partial charge is 0.254 e. The van der Waals surface area contributed by atoms with Gasteiger partial charge in [-0.2, -0.15) is 0 Å². The van der Waals surface area contributed by atoms with Crippen LogP contribution in [-0.2, 0) is 17.8 Å². The number of aromatic amines is 1. The first-order valence-corrected chi connectivity index (χ1v) is 13.4. The Morgan fingerprint density at radius 3 is 2.41 bits per heavy atom. The lowest BCUT2D eigenvalue weighted by molar-refractivity contribution is -0.132. The predicted molar refractivity (Wildman–Crippen MR) is 152 cm³/mol. The van der Waals surface area contributed by atoms with Gasteiger partial charge in [0.15, 0.2) is 11.5 Å². The molecule has 1 fully saturated rings. The van der Waals surface area contributed by atoms with Gasteiger partial charge in [-0.05, 0) is 67.6 Å². The first-order chi connectivity index (χ1) is 19.0. The zero-order valence-electron chi connectivity index (χ0n) is 22.8. The topological polar surface area (TPSA) is 74.9 Å². The van der Waals surface area contributed by atoms with Gasteiger partial charge < -0.3 is 24.3 Å². The lowest BCUT2D eigenvalue weighted by Crippen LogP contribution is -2.44. The number of H-pyrrole nitrogens is 1. The second-order valence-corrected chi connectivity index (χ2v) is 10.1. The number of fused-ring (bicyclic) bond motifs is 1. The third-order valence-corrected chi connectivity index (χ3v) is 7.35. The minimum absolute atomic E-state index is 0.0541. The monoisotopic (exact) mass is 525 g/mol. The van der Waals surface area contributed by atoms with E-state index in [0.717, 1.165) is 40.4 Å². The first-order valence-electron chi connectivity index (χ1n) is 13.4. The van der Waals surface area contributed by atoms with E-state index in [1.54, 1.807) is 19.1 Å². The molecule has 2 amide bonds. The molecule has 0 radical (unpaired) electrons. The van der Waals surface area contributed by atoms with Crippen molar-refractivity contribution in [2.75, 3.05) is 27.3 Å². The number of aromatic nitrogens is 1. The number of benzene rings is 3. The summed E-state index contributed by atoms with van der Waals surface area (Å²) in [5.74, 6) is 1.10. The molecule has 0 atom stereocenters. The quantitative estimate of drug-likeness (QED) is 0.286. The maximum atomic E-state index is 13.8. The molecular formula is C32H35N3O4. The molecule has 1 N–H and O–H groups in total. The van der Waals surface area contributed by atoms with E-state index in [1.807, 2.05) is 72.6 Å². The molecule has 0 aliphatic heterocycles. The molecule has 4 aromatic rings. The molecule has 0 unspecified atom stereocenters. The van der Waals surface area contributed by atoms with Gasteiger partial charge in [0.25, 0.3) is 5.91 Å². The molecule has 1 aliphatic rings. The van der Waals surface area contributed by atoms with Crippen molar-refractivity contribution in [3.8, 4) is 11.5 Å². The number of hydrogen-bond donors (Lipinski definition) is 1. The Kier molecular flexibility index (Phi) is 7.87. The van der Waals surface area contributed by atoms with Crippen molar-refractivity contribution < 1.29 is 19.1 Å². The van der Waals surface area contributed by atoms with E-state index < -0.39 is 0 Å². The van der Waals surface area contributed by atoms with E-state index in [1.165, 1.54) is 0 Å². The Bertz CT molecular complexity index is 1460. The molecule has 1 heterocycles. The third-order valence-electron chi connectivity index (χ3n) is 7.35. The van der Waals surface area contributed by atoms with Crippen LogP contribution in [0.15, 0.2) is 72.9 Å². The van der Waals surface area contributed by atoms with Crippen LogP contribution in [0.1, 0.15) is 39.9 Å². The van der Waals surface area contributed by atoms with E-state index in [0.29, 0.717) is 36.6 Å². The second-order valence-electron chi connectivity index (χ2n) is 10.1. The fraction of sp³-hybridized carbons (Fsp3) is 0.312. The van der Waals surface area contributed by atoms with Crippen LogP contribution in [0.3, 0.4) is 0 Å². The number of aryl methyl sites for hydroxylation is 1. The van der Waals surface area contributed by atoms with Crippen molar-refractivity contribution in [3.63, 3.8) is 0 Å². The van der Waals surface area contributed by atoms with Crippen LogP contribution in [-0.4, -0.2) is 59.9 Å². The summed E-state index contributed by atoms with van der Waals surface area (Å²) in [5, 5.41) is 1.16. The maximum absolute atomic E-state index is 13.8. The highest BCUT2D eigenvalue weighted by atomic mass is 16.5. The standard InChI is InChI=1S/C32H35N3O4/c1-22-8-11-24(12-9-22)32(37)35(26-13-14-26)21-31(36)34(20-23-10-15-29(38-2)30(18-23)39-3)17-16-25-19-33-28-7-5-4-6-27(25)28/h4-12,15,18-19,26,33H,13-14,16-17,20-21H2,1-3H3. The summed E-state index contributed by atoms with van der Waals surface area (Å²) in [4.78, 5) is 34.2. The van der Waals surface area contributed by atoms with Crippen molar-refractivity contribution in [2.24, 2.45) is 0 Å². The molecular weight excluding hydrogens is 490 g/mol. The molecule has 0 spiro atoms.